The molecule has 2 aliphatic heterocycles. The van der Waals surface area contributed by atoms with E-state index in [9.17, 15) is 9.59 Å². The van der Waals surface area contributed by atoms with Crippen molar-refractivity contribution in [2.24, 2.45) is 5.92 Å². The standard InChI is InChI=1S/C28H42O7/c1-6-7-14-27(33-5)16-17-28(35-24(27)12-11-21(3)19-26(31)32)15-13-22(4)23(34-28)10-8-9-20(2)18-25(29)30/h8-9,11-12,18-19,22-24H,6-7,10,13-17H2,1-5H3,(H,29,30)(H,31,32)/b9-8+,12-11+,20-18+,21-19+/t22-,23+,24-,27+,28-/m0/s1. The summed E-state index contributed by atoms with van der Waals surface area (Å²) < 4.78 is 19.4. The monoisotopic (exact) mass is 490 g/mol. The number of carboxylic acid groups (broad SMARTS) is 2. The lowest BCUT2D eigenvalue weighted by Gasteiger charge is -2.53. The van der Waals surface area contributed by atoms with Gasteiger partial charge < -0.3 is 24.4 Å². The molecule has 2 heterocycles. The van der Waals surface area contributed by atoms with E-state index in [1.54, 1.807) is 27.0 Å². The second-order valence-electron chi connectivity index (χ2n) is 9.94. The molecular weight excluding hydrogens is 448 g/mol. The van der Waals surface area contributed by atoms with Crippen molar-refractivity contribution in [3.8, 4) is 0 Å². The van der Waals surface area contributed by atoms with E-state index >= 15 is 0 Å². The van der Waals surface area contributed by atoms with E-state index in [4.69, 9.17) is 24.4 Å². The molecule has 7 heteroatoms. The molecule has 35 heavy (non-hydrogen) atoms. The Kier molecular flexibility index (Phi) is 10.9. The summed E-state index contributed by atoms with van der Waals surface area (Å²) in [6.07, 6.45) is 16.3. The predicted molar refractivity (Wildman–Crippen MR) is 135 cm³/mol. The van der Waals surface area contributed by atoms with Crippen molar-refractivity contribution >= 4 is 11.9 Å². The summed E-state index contributed by atoms with van der Waals surface area (Å²) in [5.41, 5.74) is 0.828. The Hall–Kier alpha value is -2.22. The summed E-state index contributed by atoms with van der Waals surface area (Å²) in [6, 6.07) is 0. The Morgan fingerprint density at radius 3 is 2.29 bits per heavy atom. The van der Waals surface area contributed by atoms with Crippen LogP contribution >= 0.6 is 0 Å². The van der Waals surface area contributed by atoms with Gasteiger partial charge >= 0.3 is 11.9 Å². The van der Waals surface area contributed by atoms with Crippen LogP contribution in [0.1, 0.15) is 79.1 Å². The topological polar surface area (TPSA) is 102 Å². The smallest absolute Gasteiger partial charge is 0.328 e. The fraction of sp³-hybridized carbons (Fsp3) is 0.643. The maximum atomic E-state index is 11.1. The zero-order chi connectivity index (χ0) is 26.1. The molecule has 0 bridgehead atoms. The number of allylic oxidation sites excluding steroid dienone is 4. The number of hydrogen-bond acceptors (Lipinski definition) is 5. The highest BCUT2D eigenvalue weighted by Crippen LogP contribution is 2.47. The quantitative estimate of drug-likeness (QED) is 0.278. The molecule has 5 atom stereocenters. The first kappa shape index (κ1) is 29.0. The van der Waals surface area contributed by atoms with Gasteiger partial charge in [0.05, 0.1) is 11.7 Å². The van der Waals surface area contributed by atoms with Gasteiger partial charge in [-0.15, -0.1) is 0 Å². The molecular formula is C28H42O7. The molecule has 1 spiro atoms. The maximum Gasteiger partial charge on any atom is 0.328 e. The van der Waals surface area contributed by atoms with Crippen LogP contribution < -0.4 is 0 Å². The first-order valence-corrected chi connectivity index (χ1v) is 12.6. The summed E-state index contributed by atoms with van der Waals surface area (Å²) in [5.74, 6) is -2.31. The number of methoxy groups -OCH3 is 1. The Morgan fingerprint density at radius 1 is 1.03 bits per heavy atom. The number of carboxylic acids is 2. The minimum Gasteiger partial charge on any atom is -0.478 e. The van der Waals surface area contributed by atoms with Crippen molar-refractivity contribution in [2.75, 3.05) is 7.11 Å². The van der Waals surface area contributed by atoms with Gasteiger partial charge in [-0.2, -0.15) is 0 Å². The molecule has 0 amide bonds. The lowest BCUT2D eigenvalue weighted by atomic mass is 9.78. The Balaban J connectivity index is 2.24. The number of hydrogen-bond donors (Lipinski definition) is 2. The Bertz CT molecular complexity index is 855. The van der Waals surface area contributed by atoms with E-state index in [-0.39, 0.29) is 12.2 Å². The summed E-state index contributed by atoms with van der Waals surface area (Å²) in [4.78, 5) is 21.9. The van der Waals surface area contributed by atoms with E-state index < -0.39 is 23.3 Å². The first-order chi connectivity index (χ1) is 16.5. The number of aliphatic carboxylic acids is 2. The fourth-order valence-electron chi connectivity index (χ4n) is 4.97. The van der Waals surface area contributed by atoms with Gasteiger partial charge in [0.15, 0.2) is 5.79 Å². The molecule has 196 valence electrons. The van der Waals surface area contributed by atoms with Gasteiger partial charge in [0.2, 0.25) is 0 Å². The van der Waals surface area contributed by atoms with Crippen LogP contribution in [0.5, 0.6) is 0 Å². The largest absolute Gasteiger partial charge is 0.478 e. The minimum absolute atomic E-state index is 0.0402. The van der Waals surface area contributed by atoms with Crippen molar-refractivity contribution in [2.45, 2.75) is 103 Å². The van der Waals surface area contributed by atoms with Crippen LogP contribution in [0.2, 0.25) is 0 Å². The highest BCUT2D eigenvalue weighted by atomic mass is 16.7. The number of rotatable bonds is 11. The average molecular weight is 491 g/mol. The van der Waals surface area contributed by atoms with Crippen molar-refractivity contribution in [1.29, 1.82) is 0 Å². The molecule has 0 radical (unpaired) electrons. The molecule has 0 aliphatic carbocycles. The van der Waals surface area contributed by atoms with E-state index in [1.165, 1.54) is 12.2 Å². The number of unbranched alkanes of at least 4 members (excludes halogenated alkanes) is 1. The van der Waals surface area contributed by atoms with E-state index in [2.05, 4.69) is 13.8 Å². The van der Waals surface area contributed by atoms with Crippen molar-refractivity contribution in [1.82, 2.24) is 0 Å². The maximum absolute atomic E-state index is 11.1. The van der Waals surface area contributed by atoms with Gasteiger partial charge in [-0.05, 0) is 56.6 Å². The van der Waals surface area contributed by atoms with Crippen molar-refractivity contribution in [3.05, 3.63) is 47.6 Å². The third kappa shape index (κ3) is 8.44. The average Bonchev–Trinajstić information content (AvgIpc) is 2.79. The zero-order valence-electron chi connectivity index (χ0n) is 21.8. The molecule has 2 rings (SSSR count). The van der Waals surface area contributed by atoms with Crippen LogP contribution in [0.4, 0.5) is 0 Å². The van der Waals surface area contributed by atoms with Crippen LogP contribution in [0, 0.1) is 5.92 Å². The van der Waals surface area contributed by atoms with E-state index in [0.29, 0.717) is 23.5 Å². The van der Waals surface area contributed by atoms with Gasteiger partial charge in [-0.1, -0.05) is 51.0 Å². The fourth-order valence-corrected chi connectivity index (χ4v) is 4.97. The molecule has 0 aromatic rings. The van der Waals surface area contributed by atoms with Crippen LogP contribution in [-0.4, -0.2) is 52.9 Å². The lowest BCUT2D eigenvalue weighted by molar-refractivity contribution is -0.346. The highest BCUT2D eigenvalue weighted by molar-refractivity contribution is 5.81. The van der Waals surface area contributed by atoms with Crippen molar-refractivity contribution in [3.63, 3.8) is 0 Å². The highest BCUT2D eigenvalue weighted by Gasteiger charge is 2.52. The lowest BCUT2D eigenvalue weighted by Crippen LogP contribution is -2.58. The third-order valence-electron chi connectivity index (χ3n) is 7.12. The third-order valence-corrected chi connectivity index (χ3v) is 7.12. The summed E-state index contributed by atoms with van der Waals surface area (Å²) in [7, 11) is 1.72. The van der Waals surface area contributed by atoms with Gasteiger partial charge in [-0.25, -0.2) is 9.59 Å². The molecule has 2 N–H and O–H groups in total. The second kappa shape index (κ2) is 13.2. The zero-order valence-corrected chi connectivity index (χ0v) is 21.8. The summed E-state index contributed by atoms with van der Waals surface area (Å²) in [6.45, 7) is 7.84. The van der Waals surface area contributed by atoms with Crippen LogP contribution in [0.15, 0.2) is 47.6 Å². The minimum atomic E-state index is -0.980. The molecule has 2 fully saturated rings. The summed E-state index contributed by atoms with van der Waals surface area (Å²) in [5, 5.41) is 18.0. The first-order valence-electron chi connectivity index (χ1n) is 12.6. The van der Waals surface area contributed by atoms with Crippen LogP contribution in [-0.2, 0) is 23.8 Å². The van der Waals surface area contributed by atoms with Gasteiger partial charge in [0, 0.05) is 32.1 Å². The van der Waals surface area contributed by atoms with E-state index in [0.717, 1.165) is 44.9 Å². The molecule has 2 saturated heterocycles. The second-order valence-corrected chi connectivity index (χ2v) is 9.94. The number of carbonyl (C=O) groups is 2. The Morgan fingerprint density at radius 2 is 1.69 bits per heavy atom. The van der Waals surface area contributed by atoms with Gasteiger partial charge in [0.1, 0.15) is 6.10 Å². The van der Waals surface area contributed by atoms with E-state index in [1.807, 2.05) is 18.2 Å². The number of ether oxygens (including phenoxy) is 3. The van der Waals surface area contributed by atoms with Crippen LogP contribution in [0.3, 0.4) is 0 Å². The van der Waals surface area contributed by atoms with Crippen LogP contribution in [0.25, 0.3) is 0 Å². The summed E-state index contributed by atoms with van der Waals surface area (Å²) >= 11 is 0. The molecule has 0 saturated carbocycles. The Labute approximate surface area is 209 Å². The van der Waals surface area contributed by atoms with Crippen molar-refractivity contribution < 1.29 is 34.0 Å². The SMILES string of the molecule is CCCC[C@@]1(OC)CC[C@]2(CC[C@H](C)[C@@H](C/C=C/C(C)=C/C(=O)O)O2)O[C@H]1/C=C/C(C)=C/C(=O)O. The molecule has 0 aromatic carbocycles. The normalized spacial score (nSPS) is 32.5. The molecule has 7 nitrogen and oxygen atoms in total. The molecule has 2 aliphatic rings. The van der Waals surface area contributed by atoms with Gasteiger partial charge in [0.25, 0.3) is 0 Å². The molecule has 0 unspecified atom stereocenters. The predicted octanol–water partition coefficient (Wildman–Crippen LogP) is 5.82. The van der Waals surface area contributed by atoms with Gasteiger partial charge in [-0.3, -0.25) is 0 Å². The molecule has 0 aromatic heterocycles.